The molecule has 2 N–H and O–H groups in total. The van der Waals surface area contributed by atoms with Gasteiger partial charge in [0.2, 0.25) is 0 Å². The fourth-order valence-electron chi connectivity index (χ4n) is 2.81. The van der Waals surface area contributed by atoms with Crippen LogP contribution in [0, 0.1) is 11.3 Å². The number of nitriles is 1. The number of amides is 1. The lowest BCUT2D eigenvalue weighted by Crippen LogP contribution is -2.50. The molecule has 1 heterocycles. The van der Waals surface area contributed by atoms with Gasteiger partial charge in [0, 0.05) is 58.6 Å². The van der Waals surface area contributed by atoms with Crippen molar-refractivity contribution in [2.45, 2.75) is 39.5 Å². The Balaban J connectivity index is 2.67. The molecule has 0 aromatic carbocycles. The van der Waals surface area contributed by atoms with Gasteiger partial charge >= 0.3 is 0 Å². The van der Waals surface area contributed by atoms with Crippen molar-refractivity contribution in [3.8, 4) is 6.07 Å². The predicted molar refractivity (Wildman–Crippen MR) is 97.2 cm³/mol. The second kappa shape index (κ2) is 11.9. The first-order valence-electron chi connectivity index (χ1n) is 9.23. The topological polar surface area (TPSA) is 76.6 Å². The van der Waals surface area contributed by atoms with Crippen LogP contribution in [0.5, 0.6) is 0 Å². The minimum absolute atomic E-state index is 0.136. The summed E-state index contributed by atoms with van der Waals surface area (Å²) in [5, 5.41) is 9.44. The molecule has 0 aromatic heterocycles. The van der Waals surface area contributed by atoms with E-state index in [0.717, 1.165) is 58.4 Å². The van der Waals surface area contributed by atoms with Crippen LogP contribution in [0.2, 0.25) is 0 Å². The Morgan fingerprint density at radius 3 is 2.21 bits per heavy atom. The van der Waals surface area contributed by atoms with Crippen LogP contribution in [0.4, 0.5) is 0 Å². The number of carbonyl (C=O) groups excluding carboxylic acids is 1. The fraction of sp³-hybridized carbons (Fsp3) is 0.778. The Kier molecular flexibility index (Phi) is 10.1. The molecule has 6 nitrogen and oxygen atoms in total. The van der Waals surface area contributed by atoms with E-state index >= 15 is 0 Å². The van der Waals surface area contributed by atoms with E-state index in [1.54, 1.807) is 11.1 Å². The van der Waals surface area contributed by atoms with E-state index in [0.29, 0.717) is 19.6 Å². The van der Waals surface area contributed by atoms with Crippen molar-refractivity contribution in [2.75, 3.05) is 52.4 Å². The monoisotopic (exact) mass is 335 g/mol. The van der Waals surface area contributed by atoms with Crippen molar-refractivity contribution >= 4 is 5.91 Å². The van der Waals surface area contributed by atoms with E-state index in [1.807, 2.05) is 0 Å². The van der Waals surface area contributed by atoms with Crippen LogP contribution in [0.3, 0.4) is 0 Å². The Labute approximate surface area is 146 Å². The van der Waals surface area contributed by atoms with Gasteiger partial charge in [0.15, 0.2) is 0 Å². The van der Waals surface area contributed by atoms with Crippen LogP contribution in [-0.4, -0.2) is 73.0 Å². The lowest BCUT2D eigenvalue weighted by molar-refractivity contribution is -0.128. The summed E-state index contributed by atoms with van der Waals surface area (Å²) in [4.78, 5) is 18.8. The lowest BCUT2D eigenvalue weighted by atomic mass is 10.2. The van der Waals surface area contributed by atoms with Crippen molar-refractivity contribution in [2.24, 2.45) is 5.73 Å². The van der Waals surface area contributed by atoms with Crippen molar-refractivity contribution < 1.29 is 4.79 Å². The number of piperazine rings is 1. The van der Waals surface area contributed by atoms with Crippen molar-refractivity contribution in [1.82, 2.24) is 14.7 Å². The number of nitrogens with two attached hydrogens (primary N) is 1. The largest absolute Gasteiger partial charge is 0.376 e. The molecule has 0 spiro atoms. The highest BCUT2D eigenvalue weighted by atomic mass is 16.2. The molecule has 1 aliphatic heterocycles. The number of hydrogen-bond acceptors (Lipinski definition) is 5. The van der Waals surface area contributed by atoms with Crippen molar-refractivity contribution in [3.05, 3.63) is 11.8 Å². The first-order chi connectivity index (χ1) is 11.7. The number of rotatable bonds is 10. The summed E-state index contributed by atoms with van der Waals surface area (Å²) >= 11 is 0. The van der Waals surface area contributed by atoms with Gasteiger partial charge in [-0.2, -0.15) is 5.26 Å². The second-order valence-electron chi connectivity index (χ2n) is 6.32. The van der Waals surface area contributed by atoms with Gasteiger partial charge < -0.3 is 15.5 Å². The molecule has 6 heteroatoms. The molecule has 24 heavy (non-hydrogen) atoms. The van der Waals surface area contributed by atoms with Crippen LogP contribution >= 0.6 is 0 Å². The van der Waals surface area contributed by atoms with Crippen LogP contribution in [-0.2, 0) is 4.79 Å². The van der Waals surface area contributed by atoms with Crippen LogP contribution in [0.15, 0.2) is 11.8 Å². The molecule has 0 bridgehead atoms. The zero-order valence-corrected chi connectivity index (χ0v) is 15.3. The zero-order valence-electron chi connectivity index (χ0n) is 15.3. The summed E-state index contributed by atoms with van der Waals surface area (Å²) in [6.07, 6.45) is 6.14. The Bertz CT molecular complexity index is 427. The number of unbranched alkanes of at least 4 members (excludes halogenated alkanes) is 2. The van der Waals surface area contributed by atoms with E-state index in [1.165, 1.54) is 0 Å². The Morgan fingerprint density at radius 2 is 1.75 bits per heavy atom. The van der Waals surface area contributed by atoms with Gasteiger partial charge in [0.1, 0.15) is 11.6 Å². The summed E-state index contributed by atoms with van der Waals surface area (Å²) in [5.41, 5.74) is 5.84. The normalized spacial score (nSPS) is 16.1. The van der Waals surface area contributed by atoms with E-state index in [9.17, 15) is 10.1 Å². The summed E-state index contributed by atoms with van der Waals surface area (Å²) in [7, 11) is 0. The minimum Gasteiger partial charge on any atom is -0.376 e. The third-order valence-electron chi connectivity index (χ3n) is 4.37. The summed E-state index contributed by atoms with van der Waals surface area (Å²) < 4.78 is 0. The highest BCUT2D eigenvalue weighted by Crippen LogP contribution is 2.09. The number of carbonyl (C=O) groups is 1. The summed E-state index contributed by atoms with van der Waals surface area (Å²) in [5.74, 6) is -0.136. The molecule has 0 aromatic rings. The second-order valence-corrected chi connectivity index (χ2v) is 6.32. The highest BCUT2D eigenvalue weighted by Gasteiger charge is 2.23. The summed E-state index contributed by atoms with van der Waals surface area (Å²) in [6, 6.07) is 2.11. The average Bonchev–Trinajstić information content (AvgIpc) is 2.61. The lowest BCUT2D eigenvalue weighted by Gasteiger charge is -2.34. The van der Waals surface area contributed by atoms with E-state index < -0.39 is 0 Å². The smallest absolute Gasteiger partial charge is 0.266 e. The van der Waals surface area contributed by atoms with E-state index in [4.69, 9.17) is 5.73 Å². The molecule has 1 aliphatic rings. The molecular weight excluding hydrogens is 302 g/mol. The van der Waals surface area contributed by atoms with Gasteiger partial charge in [0.05, 0.1) is 0 Å². The molecule has 1 amide bonds. The molecule has 1 rings (SSSR count). The van der Waals surface area contributed by atoms with Crippen LogP contribution < -0.4 is 5.73 Å². The quantitative estimate of drug-likeness (QED) is 0.482. The molecule has 0 saturated carbocycles. The summed E-state index contributed by atoms with van der Waals surface area (Å²) in [6.45, 7) is 10.6. The third kappa shape index (κ3) is 6.90. The maximum absolute atomic E-state index is 12.6. The van der Waals surface area contributed by atoms with Gasteiger partial charge in [-0.3, -0.25) is 9.69 Å². The van der Waals surface area contributed by atoms with Gasteiger partial charge in [-0.1, -0.05) is 26.7 Å². The van der Waals surface area contributed by atoms with Gasteiger partial charge in [0.25, 0.3) is 5.91 Å². The molecule has 1 saturated heterocycles. The first-order valence-corrected chi connectivity index (χ1v) is 9.23. The molecule has 136 valence electrons. The van der Waals surface area contributed by atoms with Gasteiger partial charge in [-0.05, 0) is 12.8 Å². The SMILES string of the molecule is CCCCN(/C=C(/C#N)C(=O)N1CCN(CCN)CC1)CCCC. The minimum atomic E-state index is -0.136. The molecule has 0 unspecified atom stereocenters. The van der Waals surface area contributed by atoms with Crippen LogP contribution in [0.25, 0.3) is 0 Å². The zero-order chi connectivity index (χ0) is 17.8. The van der Waals surface area contributed by atoms with E-state index in [-0.39, 0.29) is 11.5 Å². The number of hydrogen-bond donors (Lipinski definition) is 1. The fourth-order valence-corrected chi connectivity index (χ4v) is 2.81. The van der Waals surface area contributed by atoms with E-state index in [2.05, 4.69) is 29.7 Å². The molecule has 1 fully saturated rings. The predicted octanol–water partition coefficient (Wildman–Crippen LogP) is 1.40. The van der Waals surface area contributed by atoms with Crippen LogP contribution in [0.1, 0.15) is 39.5 Å². The first kappa shape index (κ1) is 20.5. The van der Waals surface area contributed by atoms with Gasteiger partial charge in [-0.25, -0.2) is 0 Å². The Morgan fingerprint density at radius 1 is 1.17 bits per heavy atom. The number of nitrogens with zero attached hydrogens (tertiary/aromatic N) is 4. The van der Waals surface area contributed by atoms with Crippen molar-refractivity contribution in [3.63, 3.8) is 0 Å². The highest BCUT2D eigenvalue weighted by molar-refractivity contribution is 5.97. The third-order valence-corrected chi connectivity index (χ3v) is 4.37. The molecule has 0 aliphatic carbocycles. The molecule has 0 atom stereocenters. The standard InChI is InChI=1S/C18H33N5O/c1-3-5-8-22(9-6-4-2)16-17(15-20)18(24)23-13-11-21(10-7-19)12-14-23/h16H,3-14,19H2,1-2H3/b17-16-. The molecule has 0 radical (unpaired) electrons. The maximum Gasteiger partial charge on any atom is 0.266 e. The van der Waals surface area contributed by atoms with Crippen molar-refractivity contribution in [1.29, 1.82) is 5.26 Å². The van der Waals surface area contributed by atoms with Gasteiger partial charge in [-0.15, -0.1) is 0 Å². The molecular formula is C18H33N5O. The maximum atomic E-state index is 12.6. The average molecular weight is 335 g/mol. The Hall–Kier alpha value is -1.58.